The predicted octanol–water partition coefficient (Wildman–Crippen LogP) is -0.550. The van der Waals surface area contributed by atoms with Crippen LogP contribution < -0.4 is 0 Å². The zero-order valence-electron chi connectivity index (χ0n) is 8.15. The predicted molar refractivity (Wildman–Crippen MR) is 49.6 cm³/mol. The zero-order valence-corrected chi connectivity index (χ0v) is 8.15. The Morgan fingerprint density at radius 3 is 3.00 bits per heavy atom. The van der Waals surface area contributed by atoms with Crippen LogP contribution in [-0.4, -0.2) is 60.7 Å². The fraction of sp³-hybridized carbons (Fsp3) is 1.00. The van der Waals surface area contributed by atoms with E-state index in [1.54, 1.807) is 7.11 Å². The van der Waals surface area contributed by atoms with Crippen LogP contribution in [0.5, 0.6) is 0 Å². The van der Waals surface area contributed by atoms with Crippen LogP contribution in [0.15, 0.2) is 0 Å². The standard InChI is InChI=1S/C9H19NO3/c1-13-7-9(12)5-10-4-2-3-8(10)6-11/h8-9,11-12H,2-7H2,1H3/t8-,9?/m0/s1. The number of nitrogens with zero attached hydrogens (tertiary/aromatic N) is 1. The van der Waals surface area contributed by atoms with Crippen molar-refractivity contribution in [2.75, 3.05) is 33.4 Å². The summed E-state index contributed by atoms with van der Waals surface area (Å²) in [6.45, 7) is 2.15. The molecule has 0 spiro atoms. The molecular weight excluding hydrogens is 170 g/mol. The SMILES string of the molecule is COCC(O)CN1CCC[C@H]1CO. The largest absolute Gasteiger partial charge is 0.395 e. The first-order valence-electron chi connectivity index (χ1n) is 4.79. The summed E-state index contributed by atoms with van der Waals surface area (Å²) in [5.41, 5.74) is 0. The Labute approximate surface area is 79.1 Å². The summed E-state index contributed by atoms with van der Waals surface area (Å²) in [5.74, 6) is 0. The fourth-order valence-corrected chi connectivity index (χ4v) is 1.86. The van der Waals surface area contributed by atoms with Crippen molar-refractivity contribution < 1.29 is 14.9 Å². The van der Waals surface area contributed by atoms with Gasteiger partial charge in [0.1, 0.15) is 0 Å². The Morgan fingerprint density at radius 1 is 1.62 bits per heavy atom. The first kappa shape index (κ1) is 10.9. The van der Waals surface area contributed by atoms with Gasteiger partial charge in [-0.25, -0.2) is 0 Å². The van der Waals surface area contributed by atoms with Gasteiger partial charge in [0.15, 0.2) is 0 Å². The van der Waals surface area contributed by atoms with Crippen molar-refractivity contribution in [2.45, 2.75) is 25.0 Å². The Balaban J connectivity index is 2.26. The van der Waals surface area contributed by atoms with E-state index >= 15 is 0 Å². The summed E-state index contributed by atoms with van der Waals surface area (Å²) in [6.07, 6.45) is 1.72. The average molecular weight is 189 g/mol. The smallest absolute Gasteiger partial charge is 0.0900 e. The van der Waals surface area contributed by atoms with Crippen LogP contribution in [0.4, 0.5) is 0 Å². The molecule has 0 amide bonds. The highest BCUT2D eigenvalue weighted by Crippen LogP contribution is 2.16. The molecule has 2 atom stereocenters. The molecule has 1 aliphatic rings. The van der Waals surface area contributed by atoms with Crippen LogP contribution in [-0.2, 0) is 4.74 Å². The summed E-state index contributed by atoms with van der Waals surface area (Å²) in [6, 6.07) is 0.242. The number of methoxy groups -OCH3 is 1. The molecule has 1 aliphatic heterocycles. The van der Waals surface area contributed by atoms with Gasteiger partial charge in [0, 0.05) is 19.7 Å². The van der Waals surface area contributed by atoms with Crippen molar-refractivity contribution in [1.82, 2.24) is 4.90 Å². The minimum atomic E-state index is -0.433. The number of hydrogen-bond donors (Lipinski definition) is 2. The van der Waals surface area contributed by atoms with E-state index < -0.39 is 6.10 Å². The van der Waals surface area contributed by atoms with E-state index in [9.17, 15) is 5.11 Å². The molecule has 13 heavy (non-hydrogen) atoms. The highest BCUT2D eigenvalue weighted by Gasteiger charge is 2.25. The number of rotatable bonds is 5. The number of ether oxygens (including phenoxy) is 1. The summed E-state index contributed by atoms with van der Waals surface area (Å²) in [4.78, 5) is 2.13. The normalized spacial score (nSPS) is 26.5. The first-order valence-corrected chi connectivity index (χ1v) is 4.79. The summed E-state index contributed by atoms with van der Waals surface area (Å²) >= 11 is 0. The second kappa shape index (κ2) is 5.54. The Morgan fingerprint density at radius 2 is 2.38 bits per heavy atom. The van der Waals surface area contributed by atoms with Gasteiger partial charge in [-0.3, -0.25) is 4.90 Å². The lowest BCUT2D eigenvalue weighted by molar-refractivity contribution is 0.0283. The van der Waals surface area contributed by atoms with E-state index in [0.717, 1.165) is 19.4 Å². The maximum absolute atomic E-state index is 9.47. The summed E-state index contributed by atoms with van der Waals surface area (Å²) in [7, 11) is 1.58. The van der Waals surface area contributed by atoms with Gasteiger partial charge in [0.05, 0.1) is 19.3 Å². The first-order chi connectivity index (χ1) is 6.27. The maximum atomic E-state index is 9.47. The molecule has 1 unspecified atom stereocenters. The molecule has 0 radical (unpaired) electrons. The van der Waals surface area contributed by atoms with Gasteiger partial charge >= 0.3 is 0 Å². The molecule has 1 fully saturated rings. The van der Waals surface area contributed by atoms with Gasteiger partial charge in [-0.1, -0.05) is 0 Å². The molecule has 0 saturated carbocycles. The van der Waals surface area contributed by atoms with E-state index in [1.165, 1.54) is 0 Å². The molecule has 0 aliphatic carbocycles. The maximum Gasteiger partial charge on any atom is 0.0900 e. The van der Waals surface area contributed by atoms with Crippen LogP contribution in [0.1, 0.15) is 12.8 Å². The lowest BCUT2D eigenvalue weighted by atomic mass is 10.2. The van der Waals surface area contributed by atoms with E-state index in [1.807, 2.05) is 0 Å². The summed E-state index contributed by atoms with van der Waals surface area (Å²) < 4.78 is 4.84. The van der Waals surface area contributed by atoms with Crippen LogP contribution in [0.3, 0.4) is 0 Å². The zero-order chi connectivity index (χ0) is 9.68. The third-order valence-electron chi connectivity index (χ3n) is 2.51. The minimum absolute atomic E-state index is 0.194. The van der Waals surface area contributed by atoms with Crippen molar-refractivity contribution >= 4 is 0 Å². The lowest BCUT2D eigenvalue weighted by Crippen LogP contribution is -2.39. The topological polar surface area (TPSA) is 52.9 Å². The molecule has 78 valence electrons. The minimum Gasteiger partial charge on any atom is -0.395 e. The molecule has 4 nitrogen and oxygen atoms in total. The number of β-amino-alcohol motifs (C(OH)–C–C–N with tert-alkyl or cyclic N) is 1. The van der Waals surface area contributed by atoms with Crippen molar-refractivity contribution in [2.24, 2.45) is 0 Å². The van der Waals surface area contributed by atoms with Crippen molar-refractivity contribution in [1.29, 1.82) is 0 Å². The molecule has 1 heterocycles. The number of hydrogen-bond acceptors (Lipinski definition) is 4. The molecule has 0 aromatic rings. The third-order valence-corrected chi connectivity index (χ3v) is 2.51. The monoisotopic (exact) mass is 189 g/mol. The molecule has 0 aromatic carbocycles. The van der Waals surface area contributed by atoms with E-state index in [-0.39, 0.29) is 12.6 Å². The van der Waals surface area contributed by atoms with Gasteiger partial charge in [-0.05, 0) is 19.4 Å². The quantitative estimate of drug-likeness (QED) is 0.609. The van der Waals surface area contributed by atoms with Crippen LogP contribution in [0.2, 0.25) is 0 Å². The second-order valence-electron chi connectivity index (χ2n) is 3.58. The van der Waals surface area contributed by atoms with Gasteiger partial charge in [0.2, 0.25) is 0 Å². The van der Waals surface area contributed by atoms with Gasteiger partial charge in [-0.2, -0.15) is 0 Å². The average Bonchev–Trinajstić information content (AvgIpc) is 2.52. The van der Waals surface area contributed by atoms with Crippen molar-refractivity contribution in [3.63, 3.8) is 0 Å². The van der Waals surface area contributed by atoms with Crippen molar-refractivity contribution in [3.8, 4) is 0 Å². The van der Waals surface area contributed by atoms with Gasteiger partial charge < -0.3 is 14.9 Å². The Hall–Kier alpha value is -0.160. The highest BCUT2D eigenvalue weighted by molar-refractivity contribution is 4.79. The molecular formula is C9H19NO3. The Kier molecular flexibility index (Phi) is 4.66. The third kappa shape index (κ3) is 3.23. The molecule has 1 rings (SSSR count). The fourth-order valence-electron chi connectivity index (χ4n) is 1.86. The van der Waals surface area contributed by atoms with Crippen LogP contribution >= 0.6 is 0 Å². The number of aliphatic hydroxyl groups is 2. The molecule has 4 heteroatoms. The van der Waals surface area contributed by atoms with Crippen LogP contribution in [0, 0.1) is 0 Å². The number of likely N-dealkylation sites (tertiary alicyclic amines) is 1. The van der Waals surface area contributed by atoms with Crippen molar-refractivity contribution in [3.05, 3.63) is 0 Å². The second-order valence-corrected chi connectivity index (χ2v) is 3.58. The van der Waals surface area contributed by atoms with E-state index in [4.69, 9.17) is 9.84 Å². The summed E-state index contributed by atoms with van der Waals surface area (Å²) in [5, 5.41) is 18.5. The van der Waals surface area contributed by atoms with E-state index in [0.29, 0.717) is 13.2 Å². The highest BCUT2D eigenvalue weighted by atomic mass is 16.5. The molecule has 0 bridgehead atoms. The van der Waals surface area contributed by atoms with Gasteiger partial charge in [0.25, 0.3) is 0 Å². The van der Waals surface area contributed by atoms with E-state index in [2.05, 4.69) is 4.90 Å². The number of aliphatic hydroxyl groups excluding tert-OH is 2. The van der Waals surface area contributed by atoms with Crippen LogP contribution in [0.25, 0.3) is 0 Å². The molecule has 2 N–H and O–H groups in total. The Bertz CT molecular complexity index is 143. The van der Waals surface area contributed by atoms with Gasteiger partial charge in [-0.15, -0.1) is 0 Å². The molecule has 1 saturated heterocycles. The molecule has 0 aromatic heterocycles. The lowest BCUT2D eigenvalue weighted by Gasteiger charge is -2.24.